The van der Waals surface area contributed by atoms with E-state index in [1.165, 1.54) is 11.8 Å². The van der Waals surface area contributed by atoms with Gasteiger partial charge < -0.3 is 5.32 Å². The first kappa shape index (κ1) is 11.8. The lowest BCUT2D eigenvalue weighted by Crippen LogP contribution is -2.26. The Kier molecular flexibility index (Phi) is 6.73. The number of amides is 1. The van der Waals surface area contributed by atoms with E-state index < -0.39 is 0 Å². The van der Waals surface area contributed by atoms with Crippen molar-refractivity contribution in [2.75, 3.05) is 19.3 Å². The van der Waals surface area contributed by atoms with Gasteiger partial charge in [-0.25, -0.2) is 0 Å². The van der Waals surface area contributed by atoms with Crippen molar-refractivity contribution in [1.29, 1.82) is 5.26 Å². The molecule has 0 unspecified atom stereocenters. The highest BCUT2D eigenvalue weighted by atomic mass is 32.2. The summed E-state index contributed by atoms with van der Waals surface area (Å²) in [7, 11) is 0. The highest BCUT2D eigenvalue weighted by Crippen LogP contribution is 1.93. The molecule has 0 aliphatic heterocycles. The third-order valence-electron chi connectivity index (χ3n) is 1.10. The predicted octanol–water partition coefficient (Wildman–Crippen LogP) is -0.0878. The standard InChI is InChI=1S/C7H12N4OS/c1-3-9-6(12)4-10-7(13-2)11-5-8/h3-4H2,1-2H3,(H,9,12)(H,10,11). The molecule has 72 valence electrons. The number of likely N-dealkylation sites (N-methyl/N-ethyl adjacent to an activating group) is 1. The molecule has 0 saturated heterocycles. The number of carbonyl (C=O) groups is 1. The number of amidine groups is 1. The molecule has 0 rings (SSSR count). The molecule has 0 aromatic heterocycles. The van der Waals surface area contributed by atoms with Crippen molar-refractivity contribution in [2.24, 2.45) is 4.99 Å². The van der Waals surface area contributed by atoms with Gasteiger partial charge in [0, 0.05) is 6.54 Å². The molecule has 0 radical (unpaired) electrons. The number of rotatable bonds is 3. The highest BCUT2D eigenvalue weighted by Gasteiger charge is 1.98. The smallest absolute Gasteiger partial charge is 0.241 e. The van der Waals surface area contributed by atoms with Crippen LogP contribution in [0, 0.1) is 11.5 Å². The zero-order chi connectivity index (χ0) is 10.1. The molecule has 6 heteroatoms. The summed E-state index contributed by atoms with van der Waals surface area (Å²) in [4.78, 5) is 14.8. The Morgan fingerprint density at radius 1 is 1.69 bits per heavy atom. The molecule has 0 bridgehead atoms. The maximum absolute atomic E-state index is 10.9. The molecule has 0 aliphatic rings. The second-order valence-corrected chi connectivity index (χ2v) is 2.81. The van der Waals surface area contributed by atoms with Crippen molar-refractivity contribution in [3.63, 3.8) is 0 Å². The summed E-state index contributed by atoms with van der Waals surface area (Å²) < 4.78 is 0. The molecular formula is C7H12N4OS. The van der Waals surface area contributed by atoms with Gasteiger partial charge in [0.25, 0.3) is 0 Å². The quantitative estimate of drug-likeness (QED) is 0.289. The molecule has 5 nitrogen and oxygen atoms in total. The predicted molar refractivity (Wildman–Crippen MR) is 53.2 cm³/mol. The van der Waals surface area contributed by atoms with Gasteiger partial charge in [0.05, 0.1) is 0 Å². The van der Waals surface area contributed by atoms with Gasteiger partial charge in [-0.3, -0.25) is 15.1 Å². The summed E-state index contributed by atoms with van der Waals surface area (Å²) in [5.41, 5.74) is 0. The van der Waals surface area contributed by atoms with E-state index in [2.05, 4.69) is 15.6 Å². The average molecular weight is 200 g/mol. The minimum atomic E-state index is -0.145. The van der Waals surface area contributed by atoms with E-state index >= 15 is 0 Å². The van der Waals surface area contributed by atoms with E-state index in [1.807, 2.05) is 6.92 Å². The van der Waals surface area contributed by atoms with Crippen LogP contribution in [-0.2, 0) is 4.79 Å². The van der Waals surface area contributed by atoms with Gasteiger partial charge in [-0.1, -0.05) is 11.8 Å². The minimum Gasteiger partial charge on any atom is -0.355 e. The van der Waals surface area contributed by atoms with Crippen LogP contribution >= 0.6 is 11.8 Å². The number of hydrogen-bond acceptors (Lipinski definition) is 4. The Hall–Kier alpha value is -1.22. The van der Waals surface area contributed by atoms with Crippen molar-refractivity contribution < 1.29 is 4.79 Å². The Bertz CT molecular complexity index is 233. The third-order valence-corrected chi connectivity index (χ3v) is 1.71. The summed E-state index contributed by atoms with van der Waals surface area (Å²) in [6.07, 6.45) is 3.52. The lowest BCUT2D eigenvalue weighted by atomic mass is 10.6. The molecule has 0 heterocycles. The SMILES string of the molecule is CCNC(=O)CN=C(NC#N)SC. The van der Waals surface area contributed by atoms with Crippen LogP contribution < -0.4 is 10.6 Å². The van der Waals surface area contributed by atoms with Gasteiger partial charge in [0.1, 0.15) is 6.54 Å². The van der Waals surface area contributed by atoms with E-state index in [4.69, 9.17) is 5.26 Å². The van der Waals surface area contributed by atoms with Gasteiger partial charge in [-0.05, 0) is 13.2 Å². The maximum Gasteiger partial charge on any atom is 0.241 e. The molecule has 13 heavy (non-hydrogen) atoms. The van der Waals surface area contributed by atoms with Crippen LogP contribution in [-0.4, -0.2) is 30.4 Å². The fourth-order valence-electron chi connectivity index (χ4n) is 0.600. The van der Waals surface area contributed by atoms with Crippen molar-refractivity contribution in [1.82, 2.24) is 10.6 Å². The van der Waals surface area contributed by atoms with Crippen LogP contribution in [0.25, 0.3) is 0 Å². The second-order valence-electron chi connectivity index (χ2n) is 2.02. The monoisotopic (exact) mass is 200 g/mol. The van der Waals surface area contributed by atoms with Gasteiger partial charge in [0.15, 0.2) is 11.4 Å². The van der Waals surface area contributed by atoms with E-state index in [1.54, 1.807) is 12.4 Å². The zero-order valence-electron chi connectivity index (χ0n) is 7.63. The molecule has 2 N–H and O–H groups in total. The summed E-state index contributed by atoms with van der Waals surface area (Å²) >= 11 is 1.29. The van der Waals surface area contributed by atoms with Crippen molar-refractivity contribution >= 4 is 22.8 Å². The third kappa shape index (κ3) is 5.99. The maximum atomic E-state index is 10.9. The summed E-state index contributed by atoms with van der Waals surface area (Å²) in [5.74, 6) is -0.145. The fraction of sp³-hybridized carbons (Fsp3) is 0.571. The van der Waals surface area contributed by atoms with Crippen LogP contribution in [0.5, 0.6) is 0 Å². The van der Waals surface area contributed by atoms with E-state index in [-0.39, 0.29) is 12.5 Å². The van der Waals surface area contributed by atoms with Gasteiger partial charge >= 0.3 is 0 Å². The largest absolute Gasteiger partial charge is 0.355 e. The summed E-state index contributed by atoms with van der Waals surface area (Å²) in [5, 5.41) is 13.7. The average Bonchev–Trinajstić information content (AvgIpc) is 2.12. The van der Waals surface area contributed by atoms with Crippen LogP contribution in [0.15, 0.2) is 4.99 Å². The van der Waals surface area contributed by atoms with Crippen LogP contribution in [0.4, 0.5) is 0 Å². The zero-order valence-corrected chi connectivity index (χ0v) is 8.44. The lowest BCUT2D eigenvalue weighted by molar-refractivity contribution is -0.119. The normalized spacial score (nSPS) is 10.4. The Morgan fingerprint density at radius 3 is 2.85 bits per heavy atom. The Labute approximate surface area is 81.6 Å². The summed E-state index contributed by atoms with van der Waals surface area (Å²) in [6, 6.07) is 0. The molecular weight excluding hydrogens is 188 g/mol. The molecule has 0 atom stereocenters. The molecule has 0 aromatic rings. The Morgan fingerprint density at radius 2 is 2.38 bits per heavy atom. The van der Waals surface area contributed by atoms with Crippen LogP contribution in [0.2, 0.25) is 0 Å². The van der Waals surface area contributed by atoms with Gasteiger partial charge in [-0.2, -0.15) is 5.26 Å². The van der Waals surface area contributed by atoms with Crippen LogP contribution in [0.1, 0.15) is 6.92 Å². The van der Waals surface area contributed by atoms with Gasteiger partial charge in [-0.15, -0.1) is 0 Å². The summed E-state index contributed by atoms with van der Waals surface area (Å²) in [6.45, 7) is 2.48. The van der Waals surface area contributed by atoms with E-state index in [0.29, 0.717) is 11.7 Å². The fourth-order valence-corrected chi connectivity index (χ4v) is 0.941. The van der Waals surface area contributed by atoms with Crippen LogP contribution in [0.3, 0.4) is 0 Å². The first-order chi connectivity index (χ1) is 6.24. The number of thioether (sulfide) groups is 1. The number of nitrogens with zero attached hydrogens (tertiary/aromatic N) is 2. The molecule has 1 amide bonds. The van der Waals surface area contributed by atoms with Gasteiger partial charge in [0.2, 0.25) is 5.91 Å². The number of nitrogens with one attached hydrogen (secondary N) is 2. The highest BCUT2D eigenvalue weighted by molar-refractivity contribution is 8.13. The Balaban J connectivity index is 3.92. The first-order valence-corrected chi connectivity index (χ1v) is 4.97. The molecule has 0 saturated carbocycles. The lowest BCUT2D eigenvalue weighted by Gasteiger charge is -2.00. The topological polar surface area (TPSA) is 77.3 Å². The van der Waals surface area contributed by atoms with Crippen molar-refractivity contribution in [3.05, 3.63) is 0 Å². The molecule has 0 fully saturated rings. The second kappa shape index (κ2) is 7.43. The molecule has 0 spiro atoms. The van der Waals surface area contributed by atoms with E-state index in [9.17, 15) is 4.79 Å². The number of carbonyl (C=O) groups excluding carboxylic acids is 1. The number of aliphatic imine (C=N–C) groups is 1. The molecule has 0 aliphatic carbocycles. The van der Waals surface area contributed by atoms with Crippen molar-refractivity contribution in [2.45, 2.75) is 6.92 Å². The number of hydrogen-bond donors (Lipinski definition) is 2. The first-order valence-electron chi connectivity index (χ1n) is 3.74. The molecule has 0 aromatic carbocycles. The number of nitriles is 1. The van der Waals surface area contributed by atoms with Crippen molar-refractivity contribution in [3.8, 4) is 6.19 Å². The minimum absolute atomic E-state index is 0.0543. The van der Waals surface area contributed by atoms with E-state index in [0.717, 1.165) is 0 Å².